The van der Waals surface area contributed by atoms with Crippen LogP contribution in [0.15, 0.2) is 47.5 Å². The van der Waals surface area contributed by atoms with Gasteiger partial charge in [-0.2, -0.15) is 0 Å². The minimum atomic E-state index is 0.202. The molecule has 0 fully saturated rings. The van der Waals surface area contributed by atoms with Crippen molar-refractivity contribution in [3.05, 3.63) is 64.2 Å². The fraction of sp³-hybridized carbons (Fsp3) is 0.188. The maximum absolute atomic E-state index is 6.16. The zero-order valence-electron chi connectivity index (χ0n) is 10.9. The van der Waals surface area contributed by atoms with E-state index in [9.17, 15) is 0 Å². The van der Waals surface area contributed by atoms with Crippen molar-refractivity contribution in [1.82, 2.24) is 0 Å². The van der Waals surface area contributed by atoms with Gasteiger partial charge in [0.15, 0.2) is 5.96 Å². The maximum Gasteiger partial charge on any atom is 0.196 e. The van der Waals surface area contributed by atoms with Crippen molar-refractivity contribution in [3.63, 3.8) is 0 Å². The Morgan fingerprint density at radius 3 is 2.90 bits per heavy atom. The zero-order valence-corrected chi connectivity index (χ0v) is 11.6. The van der Waals surface area contributed by atoms with Gasteiger partial charge in [-0.3, -0.25) is 4.99 Å². The molecule has 2 aliphatic rings. The summed E-state index contributed by atoms with van der Waals surface area (Å²) >= 11 is 6.16. The van der Waals surface area contributed by atoms with Crippen LogP contribution in [0, 0.1) is 0 Å². The molecule has 0 spiro atoms. The summed E-state index contributed by atoms with van der Waals surface area (Å²) in [6, 6.07) is 14.7. The molecule has 0 radical (unpaired) electrons. The van der Waals surface area contributed by atoms with Gasteiger partial charge in [0.1, 0.15) is 0 Å². The lowest BCUT2D eigenvalue weighted by Crippen LogP contribution is -2.36. The molecule has 20 heavy (non-hydrogen) atoms. The molecule has 3 nitrogen and oxygen atoms in total. The van der Waals surface area contributed by atoms with Gasteiger partial charge in [-0.05, 0) is 41.3 Å². The number of nitrogens with zero attached hydrogens (tertiary/aromatic N) is 2. The topological polar surface area (TPSA) is 41.6 Å². The SMILES string of the molecule is NC1=NC[C@H]2c3ccccc3Cc3cc(Cl)ccc3N12. The molecule has 0 unspecified atom stereocenters. The molecule has 2 aromatic rings. The number of hydrogen-bond acceptors (Lipinski definition) is 3. The predicted molar refractivity (Wildman–Crippen MR) is 82.4 cm³/mol. The van der Waals surface area contributed by atoms with E-state index in [1.807, 2.05) is 18.2 Å². The summed E-state index contributed by atoms with van der Waals surface area (Å²) in [6.07, 6.45) is 0.881. The quantitative estimate of drug-likeness (QED) is 0.807. The van der Waals surface area contributed by atoms with Crippen LogP contribution in [-0.4, -0.2) is 12.5 Å². The molecule has 4 rings (SSSR count). The number of anilines is 1. The first kappa shape index (κ1) is 11.8. The summed E-state index contributed by atoms with van der Waals surface area (Å²) in [5, 5.41) is 0.759. The molecule has 1 atom stereocenters. The van der Waals surface area contributed by atoms with Crippen LogP contribution < -0.4 is 10.6 Å². The van der Waals surface area contributed by atoms with Crippen molar-refractivity contribution >= 4 is 23.2 Å². The summed E-state index contributed by atoms with van der Waals surface area (Å²) in [5.74, 6) is 0.593. The lowest BCUT2D eigenvalue weighted by Gasteiger charge is -2.26. The maximum atomic E-state index is 6.16. The van der Waals surface area contributed by atoms with Gasteiger partial charge in [0.25, 0.3) is 0 Å². The van der Waals surface area contributed by atoms with E-state index in [4.69, 9.17) is 17.3 Å². The lowest BCUT2D eigenvalue weighted by molar-refractivity contribution is 0.768. The van der Waals surface area contributed by atoms with Gasteiger partial charge in [-0.25, -0.2) is 0 Å². The number of benzene rings is 2. The summed E-state index contributed by atoms with van der Waals surface area (Å²) in [7, 11) is 0. The molecule has 0 aromatic heterocycles. The number of halogens is 1. The fourth-order valence-corrected chi connectivity index (χ4v) is 3.38. The van der Waals surface area contributed by atoms with Crippen LogP contribution in [0.3, 0.4) is 0 Å². The molecule has 0 amide bonds. The molecule has 0 saturated heterocycles. The van der Waals surface area contributed by atoms with Gasteiger partial charge in [0.05, 0.1) is 12.6 Å². The fourth-order valence-electron chi connectivity index (χ4n) is 3.18. The van der Waals surface area contributed by atoms with Gasteiger partial charge in [0.2, 0.25) is 0 Å². The van der Waals surface area contributed by atoms with E-state index in [0.29, 0.717) is 12.5 Å². The van der Waals surface area contributed by atoms with Crippen molar-refractivity contribution in [2.45, 2.75) is 12.5 Å². The Morgan fingerprint density at radius 1 is 1.15 bits per heavy atom. The number of fused-ring (bicyclic) bond motifs is 5. The molecule has 2 aromatic carbocycles. The Morgan fingerprint density at radius 2 is 2.00 bits per heavy atom. The van der Waals surface area contributed by atoms with Crippen LogP contribution in [0.4, 0.5) is 5.69 Å². The molecule has 2 aliphatic heterocycles. The largest absolute Gasteiger partial charge is 0.369 e. The van der Waals surface area contributed by atoms with Crippen LogP contribution in [0.1, 0.15) is 22.7 Å². The Bertz CT molecular complexity index is 723. The third kappa shape index (κ3) is 1.63. The van der Waals surface area contributed by atoms with Crippen molar-refractivity contribution in [2.24, 2.45) is 10.7 Å². The standard InChI is InChI=1S/C16H14ClN3/c17-12-5-6-14-11(8-12)7-10-3-1-2-4-13(10)15-9-19-16(18)20(14)15/h1-6,8,15H,7,9H2,(H2,18,19)/t15-/m0/s1. The van der Waals surface area contributed by atoms with Crippen molar-refractivity contribution in [3.8, 4) is 0 Å². The lowest BCUT2D eigenvalue weighted by atomic mass is 9.97. The van der Waals surface area contributed by atoms with Crippen LogP contribution in [-0.2, 0) is 6.42 Å². The molecule has 0 saturated carbocycles. The summed E-state index contributed by atoms with van der Waals surface area (Å²) in [6.45, 7) is 0.713. The highest BCUT2D eigenvalue weighted by Gasteiger charge is 2.33. The Hall–Kier alpha value is -2.00. The average molecular weight is 284 g/mol. The Kier molecular flexibility index (Phi) is 2.51. The van der Waals surface area contributed by atoms with Gasteiger partial charge >= 0.3 is 0 Å². The van der Waals surface area contributed by atoms with Crippen LogP contribution in [0.2, 0.25) is 5.02 Å². The first-order valence-corrected chi connectivity index (χ1v) is 7.07. The Balaban J connectivity index is 1.98. The molecule has 100 valence electrons. The van der Waals surface area contributed by atoms with E-state index in [1.165, 1.54) is 16.7 Å². The number of rotatable bonds is 0. The normalized spacial score (nSPS) is 19.8. The number of nitrogens with two attached hydrogens (primary N) is 1. The molecule has 2 heterocycles. The van der Waals surface area contributed by atoms with Crippen molar-refractivity contribution < 1.29 is 0 Å². The minimum Gasteiger partial charge on any atom is -0.369 e. The van der Waals surface area contributed by atoms with E-state index >= 15 is 0 Å². The number of guanidine groups is 1. The molecule has 2 N–H and O–H groups in total. The Labute approximate surface area is 122 Å². The van der Waals surface area contributed by atoms with Gasteiger partial charge in [0, 0.05) is 10.7 Å². The summed E-state index contributed by atoms with van der Waals surface area (Å²) < 4.78 is 0. The van der Waals surface area contributed by atoms with Gasteiger partial charge in [-0.1, -0.05) is 35.9 Å². The van der Waals surface area contributed by atoms with E-state index in [-0.39, 0.29) is 6.04 Å². The molecule has 4 heteroatoms. The second-order valence-corrected chi connectivity index (χ2v) is 5.67. The van der Waals surface area contributed by atoms with Crippen LogP contribution in [0.5, 0.6) is 0 Å². The average Bonchev–Trinajstić information content (AvgIpc) is 2.75. The van der Waals surface area contributed by atoms with Crippen molar-refractivity contribution in [1.29, 1.82) is 0 Å². The number of hydrogen-bond donors (Lipinski definition) is 1. The summed E-state index contributed by atoms with van der Waals surface area (Å²) in [5.41, 5.74) is 11.1. The third-order valence-corrected chi connectivity index (χ3v) is 4.32. The highest BCUT2D eigenvalue weighted by Crippen LogP contribution is 2.40. The van der Waals surface area contributed by atoms with E-state index in [1.54, 1.807) is 0 Å². The zero-order chi connectivity index (χ0) is 13.7. The first-order valence-electron chi connectivity index (χ1n) is 6.69. The van der Waals surface area contributed by atoms with E-state index in [0.717, 1.165) is 17.1 Å². The third-order valence-electron chi connectivity index (χ3n) is 4.08. The highest BCUT2D eigenvalue weighted by atomic mass is 35.5. The monoisotopic (exact) mass is 283 g/mol. The second kappa shape index (κ2) is 4.25. The van der Waals surface area contributed by atoms with Crippen LogP contribution >= 0.6 is 11.6 Å². The highest BCUT2D eigenvalue weighted by molar-refractivity contribution is 6.30. The molecule has 0 aliphatic carbocycles. The second-order valence-electron chi connectivity index (χ2n) is 5.23. The van der Waals surface area contributed by atoms with E-state index in [2.05, 4.69) is 34.2 Å². The first-order chi connectivity index (χ1) is 9.74. The summed E-state index contributed by atoms with van der Waals surface area (Å²) in [4.78, 5) is 6.57. The molecular weight excluding hydrogens is 270 g/mol. The predicted octanol–water partition coefficient (Wildman–Crippen LogP) is 3.12. The van der Waals surface area contributed by atoms with Gasteiger partial charge < -0.3 is 10.6 Å². The van der Waals surface area contributed by atoms with Gasteiger partial charge in [-0.15, -0.1) is 0 Å². The smallest absolute Gasteiger partial charge is 0.196 e. The molecule has 0 bridgehead atoms. The minimum absolute atomic E-state index is 0.202. The number of aliphatic imine (C=N–C) groups is 1. The molecular formula is C16H14ClN3. The van der Waals surface area contributed by atoms with E-state index < -0.39 is 0 Å². The van der Waals surface area contributed by atoms with Crippen LogP contribution in [0.25, 0.3) is 0 Å². The van der Waals surface area contributed by atoms with Crippen molar-refractivity contribution in [2.75, 3.05) is 11.4 Å².